The van der Waals surface area contributed by atoms with Crippen molar-refractivity contribution in [3.63, 3.8) is 0 Å². The molecule has 1 aromatic rings. The van der Waals surface area contributed by atoms with E-state index in [0.29, 0.717) is 13.1 Å². The van der Waals surface area contributed by atoms with Gasteiger partial charge in [0.2, 0.25) is 5.91 Å². The predicted octanol–water partition coefficient (Wildman–Crippen LogP) is 0.826. The highest BCUT2D eigenvalue weighted by atomic mass is 16.2. The van der Waals surface area contributed by atoms with E-state index in [2.05, 4.69) is 35.5 Å². The molecule has 2 heterocycles. The first-order valence-corrected chi connectivity index (χ1v) is 6.88. The summed E-state index contributed by atoms with van der Waals surface area (Å²) in [5.74, 6) is 0.996. The van der Waals surface area contributed by atoms with E-state index < -0.39 is 0 Å². The van der Waals surface area contributed by atoms with E-state index in [1.807, 2.05) is 11.1 Å². The second-order valence-electron chi connectivity index (χ2n) is 4.93. The van der Waals surface area contributed by atoms with Gasteiger partial charge in [-0.15, -0.1) is 0 Å². The van der Waals surface area contributed by atoms with Gasteiger partial charge < -0.3 is 15.5 Å². The third-order valence-corrected chi connectivity index (χ3v) is 3.20. The van der Waals surface area contributed by atoms with Crippen LogP contribution in [0.25, 0.3) is 0 Å². The zero-order valence-corrected chi connectivity index (χ0v) is 11.7. The van der Waals surface area contributed by atoms with Crippen molar-refractivity contribution < 1.29 is 4.79 Å². The van der Waals surface area contributed by atoms with Crippen LogP contribution in [0.1, 0.15) is 24.5 Å². The van der Waals surface area contributed by atoms with Crippen LogP contribution in [0.2, 0.25) is 0 Å². The standard InChI is InChI=1S/C14H22N4O/c1-3-4-15-8-12-7-11(2)14(17-9-12)18-6-5-16-13(19)10-18/h7,9,15H,3-6,8,10H2,1-2H3,(H,16,19). The summed E-state index contributed by atoms with van der Waals surface area (Å²) in [5.41, 5.74) is 2.32. The molecule has 0 bridgehead atoms. The zero-order valence-electron chi connectivity index (χ0n) is 11.7. The number of nitrogens with one attached hydrogen (secondary N) is 2. The van der Waals surface area contributed by atoms with Crippen molar-refractivity contribution >= 4 is 11.7 Å². The van der Waals surface area contributed by atoms with Crippen molar-refractivity contribution in [1.82, 2.24) is 15.6 Å². The van der Waals surface area contributed by atoms with E-state index in [1.165, 1.54) is 5.56 Å². The van der Waals surface area contributed by atoms with Crippen LogP contribution < -0.4 is 15.5 Å². The van der Waals surface area contributed by atoms with Crippen molar-refractivity contribution in [2.24, 2.45) is 0 Å². The Kier molecular flexibility index (Phi) is 4.74. The van der Waals surface area contributed by atoms with Crippen LogP contribution in [-0.2, 0) is 11.3 Å². The van der Waals surface area contributed by atoms with Crippen LogP contribution in [0.4, 0.5) is 5.82 Å². The molecule has 19 heavy (non-hydrogen) atoms. The summed E-state index contributed by atoms with van der Waals surface area (Å²) < 4.78 is 0. The molecule has 0 unspecified atom stereocenters. The highest BCUT2D eigenvalue weighted by molar-refractivity contribution is 5.82. The molecule has 0 radical (unpaired) electrons. The lowest BCUT2D eigenvalue weighted by Gasteiger charge is -2.28. The monoisotopic (exact) mass is 262 g/mol. The Hall–Kier alpha value is -1.62. The second-order valence-corrected chi connectivity index (χ2v) is 4.93. The van der Waals surface area contributed by atoms with Gasteiger partial charge in [0.15, 0.2) is 0 Å². The summed E-state index contributed by atoms with van der Waals surface area (Å²) >= 11 is 0. The number of carbonyl (C=O) groups excluding carboxylic acids is 1. The Balaban J connectivity index is 2.04. The fourth-order valence-electron chi connectivity index (χ4n) is 2.28. The number of aromatic nitrogens is 1. The van der Waals surface area contributed by atoms with Crippen LogP contribution in [-0.4, -0.2) is 37.1 Å². The average molecular weight is 262 g/mol. The number of carbonyl (C=O) groups is 1. The first-order valence-electron chi connectivity index (χ1n) is 6.88. The molecular weight excluding hydrogens is 240 g/mol. The Labute approximate surface area is 114 Å². The summed E-state index contributed by atoms with van der Waals surface area (Å²) in [6, 6.07) is 2.15. The van der Waals surface area contributed by atoms with Gasteiger partial charge in [-0.2, -0.15) is 0 Å². The lowest BCUT2D eigenvalue weighted by atomic mass is 10.2. The molecule has 0 atom stereocenters. The number of anilines is 1. The predicted molar refractivity (Wildman–Crippen MR) is 76.2 cm³/mol. The highest BCUT2D eigenvalue weighted by Crippen LogP contribution is 2.18. The number of rotatable bonds is 5. The molecule has 1 aliphatic heterocycles. The first-order chi connectivity index (χ1) is 9.20. The molecule has 1 aliphatic rings. The summed E-state index contributed by atoms with van der Waals surface area (Å²) in [7, 11) is 0. The maximum Gasteiger partial charge on any atom is 0.239 e. The molecule has 0 spiro atoms. The quantitative estimate of drug-likeness (QED) is 0.772. The first kappa shape index (κ1) is 13.8. The molecule has 0 saturated carbocycles. The number of nitrogens with zero attached hydrogens (tertiary/aromatic N) is 2. The number of hydrogen-bond donors (Lipinski definition) is 2. The molecule has 2 N–H and O–H groups in total. The highest BCUT2D eigenvalue weighted by Gasteiger charge is 2.18. The second kappa shape index (κ2) is 6.52. The minimum Gasteiger partial charge on any atom is -0.353 e. The van der Waals surface area contributed by atoms with E-state index in [9.17, 15) is 4.79 Å². The van der Waals surface area contributed by atoms with Gasteiger partial charge in [-0.05, 0) is 37.1 Å². The van der Waals surface area contributed by atoms with Crippen LogP contribution in [0.15, 0.2) is 12.3 Å². The van der Waals surface area contributed by atoms with Crippen molar-refractivity contribution in [2.75, 3.05) is 31.1 Å². The summed E-state index contributed by atoms with van der Waals surface area (Å²) in [5, 5.41) is 6.20. The lowest BCUT2D eigenvalue weighted by molar-refractivity contribution is -0.120. The Morgan fingerprint density at radius 1 is 1.53 bits per heavy atom. The SMILES string of the molecule is CCCNCc1cnc(N2CCNC(=O)C2)c(C)c1. The molecule has 104 valence electrons. The summed E-state index contributed by atoms with van der Waals surface area (Å²) in [6.07, 6.45) is 3.03. The Bertz CT molecular complexity index is 447. The van der Waals surface area contributed by atoms with Crippen LogP contribution in [0.5, 0.6) is 0 Å². The van der Waals surface area contributed by atoms with E-state index in [-0.39, 0.29) is 5.91 Å². The van der Waals surface area contributed by atoms with Gasteiger partial charge in [0, 0.05) is 25.8 Å². The minimum absolute atomic E-state index is 0.0705. The number of hydrogen-bond acceptors (Lipinski definition) is 4. The molecule has 1 aromatic heterocycles. The Morgan fingerprint density at radius 2 is 2.37 bits per heavy atom. The largest absolute Gasteiger partial charge is 0.353 e. The maximum atomic E-state index is 11.4. The fourth-order valence-corrected chi connectivity index (χ4v) is 2.28. The molecule has 1 saturated heterocycles. The molecular formula is C14H22N4O. The average Bonchev–Trinajstić information content (AvgIpc) is 2.39. The van der Waals surface area contributed by atoms with Gasteiger partial charge in [-0.3, -0.25) is 4.79 Å². The van der Waals surface area contributed by atoms with Gasteiger partial charge in [0.1, 0.15) is 5.82 Å². The zero-order chi connectivity index (χ0) is 13.7. The van der Waals surface area contributed by atoms with Gasteiger partial charge in [-0.25, -0.2) is 4.98 Å². The molecule has 0 aromatic carbocycles. The smallest absolute Gasteiger partial charge is 0.239 e. The van der Waals surface area contributed by atoms with Crippen molar-refractivity contribution in [2.45, 2.75) is 26.8 Å². The van der Waals surface area contributed by atoms with E-state index in [0.717, 1.165) is 37.4 Å². The third-order valence-electron chi connectivity index (χ3n) is 3.20. The normalized spacial score (nSPS) is 15.5. The Morgan fingerprint density at radius 3 is 3.05 bits per heavy atom. The maximum absolute atomic E-state index is 11.4. The van der Waals surface area contributed by atoms with Crippen LogP contribution >= 0.6 is 0 Å². The molecule has 2 rings (SSSR count). The van der Waals surface area contributed by atoms with Gasteiger partial charge >= 0.3 is 0 Å². The number of aryl methyl sites for hydroxylation is 1. The van der Waals surface area contributed by atoms with E-state index >= 15 is 0 Å². The minimum atomic E-state index is 0.0705. The molecule has 5 nitrogen and oxygen atoms in total. The van der Waals surface area contributed by atoms with Gasteiger partial charge in [-0.1, -0.05) is 6.92 Å². The summed E-state index contributed by atoms with van der Waals surface area (Å²) in [6.45, 7) is 8.00. The van der Waals surface area contributed by atoms with E-state index in [1.54, 1.807) is 0 Å². The number of pyridine rings is 1. The fraction of sp³-hybridized carbons (Fsp3) is 0.571. The number of amides is 1. The molecule has 0 aliphatic carbocycles. The van der Waals surface area contributed by atoms with E-state index in [4.69, 9.17) is 0 Å². The summed E-state index contributed by atoms with van der Waals surface area (Å²) in [4.78, 5) is 18.0. The molecule has 1 amide bonds. The molecule has 1 fully saturated rings. The number of piperazine rings is 1. The van der Waals surface area contributed by atoms with Gasteiger partial charge in [0.05, 0.1) is 6.54 Å². The lowest BCUT2D eigenvalue weighted by Crippen LogP contribution is -2.48. The van der Waals surface area contributed by atoms with Gasteiger partial charge in [0.25, 0.3) is 0 Å². The van der Waals surface area contributed by atoms with Crippen LogP contribution in [0, 0.1) is 6.92 Å². The van der Waals surface area contributed by atoms with Crippen LogP contribution in [0.3, 0.4) is 0 Å². The third kappa shape index (κ3) is 3.67. The van der Waals surface area contributed by atoms with Crippen molar-refractivity contribution in [1.29, 1.82) is 0 Å². The van der Waals surface area contributed by atoms with Crippen molar-refractivity contribution in [3.05, 3.63) is 23.4 Å². The molecule has 5 heteroatoms. The topological polar surface area (TPSA) is 57.3 Å². The van der Waals surface area contributed by atoms with Crippen molar-refractivity contribution in [3.8, 4) is 0 Å².